The third kappa shape index (κ3) is 8.73. The van der Waals surface area contributed by atoms with E-state index in [1.807, 2.05) is 21.6 Å². The average Bonchev–Trinajstić information content (AvgIpc) is 3.54. The summed E-state index contributed by atoms with van der Waals surface area (Å²) in [7, 11) is 0. The molecule has 5 heterocycles. The summed E-state index contributed by atoms with van der Waals surface area (Å²) in [6, 6.07) is 1.55. The minimum absolute atomic E-state index is 0.123. The van der Waals surface area contributed by atoms with Gasteiger partial charge in [-0.3, -0.25) is 0 Å². The molecular weight excluding hydrogens is 720 g/mol. The molecule has 3 saturated heterocycles. The first-order valence-corrected chi connectivity index (χ1v) is 17.4. The molecule has 282 valence electrons. The lowest BCUT2D eigenvalue weighted by molar-refractivity contribution is -0.143. The molecule has 11 nitrogen and oxygen atoms in total. The van der Waals surface area contributed by atoms with Crippen LogP contribution in [0.1, 0.15) is 61.0 Å². The van der Waals surface area contributed by atoms with Crippen LogP contribution in [-0.4, -0.2) is 89.3 Å². The van der Waals surface area contributed by atoms with E-state index in [0.717, 1.165) is 17.8 Å². The molecule has 0 bridgehead atoms. The fraction of sp³-hybridized carbons (Fsp3) is 0.559. The number of aromatic nitrogens is 4. The molecular formula is C34H38ClF6N7O4. The molecule has 0 aliphatic carbocycles. The normalized spacial score (nSPS) is 21.0. The summed E-state index contributed by atoms with van der Waals surface area (Å²) in [5, 5.41) is 9.25. The van der Waals surface area contributed by atoms with E-state index in [2.05, 4.69) is 15.0 Å². The molecule has 2 aromatic heterocycles. The Labute approximate surface area is 300 Å². The van der Waals surface area contributed by atoms with Crippen molar-refractivity contribution in [2.24, 2.45) is 5.92 Å². The molecule has 3 atom stereocenters. The van der Waals surface area contributed by atoms with Gasteiger partial charge < -0.3 is 29.3 Å². The van der Waals surface area contributed by atoms with Crippen LogP contribution >= 0.6 is 11.6 Å². The van der Waals surface area contributed by atoms with Crippen LogP contribution in [0.15, 0.2) is 36.8 Å². The number of anilines is 3. The van der Waals surface area contributed by atoms with Gasteiger partial charge in [0, 0.05) is 57.5 Å². The number of piperidine rings is 1. The lowest BCUT2D eigenvalue weighted by Gasteiger charge is -2.32. The van der Waals surface area contributed by atoms with Crippen LogP contribution in [0, 0.1) is 5.92 Å². The van der Waals surface area contributed by atoms with Gasteiger partial charge in [0.1, 0.15) is 17.0 Å². The second kappa shape index (κ2) is 15.5. The molecule has 0 saturated carbocycles. The second-order valence-electron chi connectivity index (χ2n) is 13.2. The standard InChI is InChI=1S/C34H38ClF6N7O4/c1-2-24-14-21(19-48(24)30-28(35)18-44-31(45-30)47-5-3-26(4-6-47)52-32(49)50)27(29-42-16-25(17-43-29)46-7-9-51-10-8-46)13-20-11-22(33(36,37)38)15-23(12-20)34(39,40)41/h11-12,15-18,21,24,26-27H,2-10,13-14,19H2,1H3,(H,49,50)/t21-,24+,27?/m0/s1. The first-order chi connectivity index (χ1) is 24.7. The van der Waals surface area contributed by atoms with Gasteiger partial charge in [-0.05, 0) is 48.9 Å². The minimum Gasteiger partial charge on any atom is -0.450 e. The van der Waals surface area contributed by atoms with Gasteiger partial charge in [0.15, 0.2) is 5.82 Å². The number of hydrogen-bond donors (Lipinski definition) is 1. The smallest absolute Gasteiger partial charge is 0.450 e. The maximum atomic E-state index is 13.9. The van der Waals surface area contributed by atoms with Crippen molar-refractivity contribution >= 4 is 35.2 Å². The molecule has 1 unspecified atom stereocenters. The van der Waals surface area contributed by atoms with Gasteiger partial charge in [-0.2, -0.15) is 31.3 Å². The van der Waals surface area contributed by atoms with Crippen molar-refractivity contribution in [2.45, 2.75) is 69.4 Å². The van der Waals surface area contributed by atoms with Crippen molar-refractivity contribution in [2.75, 3.05) is 60.6 Å². The van der Waals surface area contributed by atoms with Gasteiger partial charge in [-0.25, -0.2) is 19.7 Å². The average molecular weight is 758 g/mol. The van der Waals surface area contributed by atoms with E-state index in [4.69, 9.17) is 31.2 Å². The first kappa shape index (κ1) is 37.6. The molecule has 3 aliphatic rings. The molecule has 0 amide bonds. The van der Waals surface area contributed by atoms with Crippen molar-refractivity contribution < 1.29 is 45.7 Å². The molecule has 3 fully saturated rings. The Bertz CT molecular complexity index is 1670. The van der Waals surface area contributed by atoms with Gasteiger partial charge in [0.05, 0.1) is 48.6 Å². The minimum atomic E-state index is -4.99. The fourth-order valence-corrected chi connectivity index (χ4v) is 7.48. The Morgan fingerprint density at radius 2 is 1.60 bits per heavy atom. The second-order valence-corrected chi connectivity index (χ2v) is 13.7. The maximum absolute atomic E-state index is 13.9. The molecule has 1 aromatic carbocycles. The van der Waals surface area contributed by atoms with E-state index >= 15 is 0 Å². The number of morpholine rings is 1. The van der Waals surface area contributed by atoms with Crippen LogP contribution in [0.5, 0.6) is 0 Å². The third-order valence-electron chi connectivity index (χ3n) is 9.93. The predicted octanol–water partition coefficient (Wildman–Crippen LogP) is 7.09. The molecule has 3 aliphatic heterocycles. The van der Waals surface area contributed by atoms with Gasteiger partial charge in [0.25, 0.3) is 0 Å². The summed E-state index contributed by atoms with van der Waals surface area (Å²) >= 11 is 6.68. The molecule has 1 N–H and O–H groups in total. The summed E-state index contributed by atoms with van der Waals surface area (Å²) in [4.78, 5) is 35.5. The predicted molar refractivity (Wildman–Crippen MR) is 179 cm³/mol. The number of nitrogens with zero attached hydrogens (tertiary/aromatic N) is 7. The molecule has 3 aromatic rings. The number of hydrogen-bond acceptors (Lipinski definition) is 10. The van der Waals surface area contributed by atoms with Crippen molar-refractivity contribution in [3.05, 3.63) is 64.3 Å². The summed E-state index contributed by atoms with van der Waals surface area (Å²) in [6.07, 6.45) is -5.07. The van der Waals surface area contributed by atoms with Crippen molar-refractivity contribution in [1.82, 2.24) is 19.9 Å². The quantitative estimate of drug-likeness (QED) is 0.178. The van der Waals surface area contributed by atoms with E-state index in [1.54, 1.807) is 12.4 Å². The lowest BCUT2D eigenvalue weighted by atomic mass is 9.83. The monoisotopic (exact) mass is 757 g/mol. The van der Waals surface area contributed by atoms with Gasteiger partial charge >= 0.3 is 18.5 Å². The van der Waals surface area contributed by atoms with Crippen LogP contribution in [0.2, 0.25) is 5.02 Å². The Balaban J connectivity index is 1.31. The highest BCUT2D eigenvalue weighted by Crippen LogP contribution is 2.43. The van der Waals surface area contributed by atoms with Crippen molar-refractivity contribution in [1.29, 1.82) is 0 Å². The Hall–Kier alpha value is -4.12. The highest BCUT2D eigenvalue weighted by Gasteiger charge is 2.41. The van der Waals surface area contributed by atoms with Crippen molar-refractivity contribution in [3.8, 4) is 0 Å². The van der Waals surface area contributed by atoms with Crippen LogP contribution in [0.25, 0.3) is 0 Å². The molecule has 6 rings (SSSR count). The van der Waals surface area contributed by atoms with E-state index in [0.29, 0.717) is 89.2 Å². The molecule has 0 radical (unpaired) electrons. The van der Waals surface area contributed by atoms with E-state index < -0.39 is 41.7 Å². The summed E-state index contributed by atoms with van der Waals surface area (Å²) in [5.41, 5.74) is -2.14. The van der Waals surface area contributed by atoms with Crippen LogP contribution in [0.4, 0.5) is 48.6 Å². The Morgan fingerprint density at radius 3 is 2.17 bits per heavy atom. The van der Waals surface area contributed by atoms with Gasteiger partial charge in [-0.15, -0.1) is 0 Å². The fourth-order valence-electron chi connectivity index (χ4n) is 7.28. The van der Waals surface area contributed by atoms with E-state index in [9.17, 15) is 31.1 Å². The van der Waals surface area contributed by atoms with Crippen LogP contribution in [0.3, 0.4) is 0 Å². The summed E-state index contributed by atoms with van der Waals surface area (Å²) < 4.78 is 93.5. The number of carboxylic acid groups (broad SMARTS) is 1. The van der Waals surface area contributed by atoms with Crippen LogP contribution < -0.4 is 14.7 Å². The largest absolute Gasteiger partial charge is 0.506 e. The molecule has 0 spiro atoms. The Kier molecular flexibility index (Phi) is 11.2. The maximum Gasteiger partial charge on any atom is 0.506 e. The number of alkyl halides is 6. The number of ether oxygens (including phenoxy) is 2. The lowest BCUT2D eigenvalue weighted by Crippen LogP contribution is -2.39. The highest BCUT2D eigenvalue weighted by molar-refractivity contribution is 6.32. The van der Waals surface area contributed by atoms with Gasteiger partial charge in [0.2, 0.25) is 5.95 Å². The number of halogens is 7. The number of carbonyl (C=O) groups is 1. The zero-order valence-corrected chi connectivity index (χ0v) is 29.0. The number of benzene rings is 1. The topological polar surface area (TPSA) is 117 Å². The van der Waals surface area contributed by atoms with E-state index in [-0.39, 0.29) is 35.0 Å². The number of rotatable bonds is 9. The first-order valence-electron chi connectivity index (χ1n) is 17.1. The molecule has 52 heavy (non-hydrogen) atoms. The highest BCUT2D eigenvalue weighted by atomic mass is 35.5. The van der Waals surface area contributed by atoms with E-state index in [1.165, 1.54) is 6.20 Å². The third-order valence-corrected chi connectivity index (χ3v) is 10.2. The molecule has 18 heteroatoms. The van der Waals surface area contributed by atoms with Gasteiger partial charge in [-0.1, -0.05) is 18.5 Å². The van der Waals surface area contributed by atoms with Crippen LogP contribution in [-0.2, 0) is 28.2 Å². The summed E-state index contributed by atoms with van der Waals surface area (Å²) in [6.45, 7) is 5.53. The van der Waals surface area contributed by atoms with Crippen molar-refractivity contribution in [3.63, 3.8) is 0 Å². The SMILES string of the molecule is CC[C@@H]1C[C@H](C(Cc2cc(C(F)(F)F)cc(C(F)(F)F)c2)c2ncc(N3CCOCC3)cn2)CN1c1nc(N2CCC(OC(=O)O)CC2)ncc1Cl. The zero-order chi connectivity index (χ0) is 37.2. The summed E-state index contributed by atoms with van der Waals surface area (Å²) in [5.74, 6) is 0.196. The zero-order valence-electron chi connectivity index (χ0n) is 28.2. The Morgan fingerprint density at radius 1 is 0.962 bits per heavy atom.